The van der Waals surface area contributed by atoms with Gasteiger partial charge in [0.25, 0.3) is 0 Å². The number of aromatic nitrogens is 1. The van der Waals surface area contributed by atoms with Crippen molar-refractivity contribution in [2.45, 2.75) is 19.0 Å². The van der Waals surface area contributed by atoms with Gasteiger partial charge in [-0.3, -0.25) is 9.88 Å². The van der Waals surface area contributed by atoms with Crippen molar-refractivity contribution in [2.75, 3.05) is 26.2 Å². The van der Waals surface area contributed by atoms with E-state index in [0.29, 0.717) is 22.7 Å². The summed E-state index contributed by atoms with van der Waals surface area (Å²) in [6, 6.07) is 12.7. The van der Waals surface area contributed by atoms with E-state index >= 15 is 0 Å². The number of hydrogen-bond donors (Lipinski definition) is 0. The van der Waals surface area contributed by atoms with Crippen molar-refractivity contribution in [3.8, 4) is 28.7 Å². The average molecular weight is 471 g/mol. The average Bonchev–Trinajstić information content (AvgIpc) is 3.32. The lowest BCUT2D eigenvalue weighted by Gasteiger charge is -2.21. The Morgan fingerprint density at radius 2 is 1.76 bits per heavy atom. The van der Waals surface area contributed by atoms with Gasteiger partial charge in [-0.1, -0.05) is 35.6 Å². The molecule has 3 nitrogen and oxygen atoms in total. The zero-order valence-electron chi connectivity index (χ0n) is 17.8. The van der Waals surface area contributed by atoms with Crippen LogP contribution in [-0.2, 0) is 6.18 Å². The zero-order chi connectivity index (χ0) is 23.3. The molecule has 4 rings (SSSR count). The van der Waals surface area contributed by atoms with Gasteiger partial charge in [0.15, 0.2) is 0 Å². The largest absolute Gasteiger partial charge is 0.492 e. The van der Waals surface area contributed by atoms with Crippen LogP contribution < -0.4 is 4.74 Å². The van der Waals surface area contributed by atoms with Crippen LogP contribution in [0.15, 0.2) is 60.9 Å². The first kappa shape index (κ1) is 23.2. The number of benzene rings is 2. The number of halogens is 4. The van der Waals surface area contributed by atoms with E-state index in [1.165, 1.54) is 6.07 Å². The Hall–Kier alpha value is -3.01. The van der Waals surface area contributed by atoms with Gasteiger partial charge in [-0.25, -0.2) is 0 Å². The molecule has 0 radical (unpaired) electrons. The van der Waals surface area contributed by atoms with Crippen molar-refractivity contribution in [3.05, 3.63) is 82.6 Å². The fourth-order valence-corrected chi connectivity index (χ4v) is 4.00. The molecule has 1 saturated heterocycles. The van der Waals surface area contributed by atoms with Crippen molar-refractivity contribution in [1.29, 1.82) is 0 Å². The highest BCUT2D eigenvalue weighted by atomic mass is 35.5. The summed E-state index contributed by atoms with van der Waals surface area (Å²) in [5.41, 5.74) is 0.380. The van der Waals surface area contributed by atoms with Gasteiger partial charge in [0.1, 0.15) is 17.9 Å². The fraction of sp³-hybridized carbons (Fsp3) is 0.269. The highest BCUT2D eigenvalue weighted by Gasteiger charge is 2.38. The second-order valence-corrected chi connectivity index (χ2v) is 8.19. The molecule has 0 aliphatic carbocycles. The van der Waals surface area contributed by atoms with Gasteiger partial charge in [0, 0.05) is 40.7 Å². The molecule has 0 bridgehead atoms. The van der Waals surface area contributed by atoms with Gasteiger partial charge < -0.3 is 4.74 Å². The highest BCUT2D eigenvalue weighted by molar-refractivity contribution is 6.30. The fourth-order valence-electron chi connectivity index (χ4n) is 3.87. The molecule has 0 spiro atoms. The standard InChI is InChI=1S/C26H22ClF3N2O/c27-22-10-7-21(8-11-22)24-20(6-5-19-4-3-13-31-18-19)9-12-23(25(24)26(28,29)30)33-17-16-32-14-1-2-15-32/h3-4,7-13,18H,1-2,14-17H2. The molecular formula is C26H22ClF3N2O. The summed E-state index contributed by atoms with van der Waals surface area (Å²) < 4.78 is 48.8. The van der Waals surface area contributed by atoms with E-state index in [-0.39, 0.29) is 23.5 Å². The molecule has 2 aromatic carbocycles. The van der Waals surface area contributed by atoms with Crippen LogP contribution in [0.25, 0.3) is 11.1 Å². The SMILES string of the molecule is FC(F)(F)c1c(OCCN2CCCC2)ccc(C#Cc2cccnc2)c1-c1ccc(Cl)cc1. The molecule has 0 amide bonds. The van der Waals surface area contributed by atoms with Gasteiger partial charge in [0.2, 0.25) is 0 Å². The Bertz CT molecular complexity index is 1150. The molecule has 3 aromatic rings. The lowest BCUT2D eigenvalue weighted by atomic mass is 9.93. The van der Waals surface area contributed by atoms with Crippen molar-refractivity contribution < 1.29 is 17.9 Å². The Labute approximate surface area is 196 Å². The van der Waals surface area contributed by atoms with E-state index in [4.69, 9.17) is 16.3 Å². The maximum Gasteiger partial charge on any atom is 0.420 e. The minimum absolute atomic E-state index is 0.0192. The number of likely N-dealkylation sites (tertiary alicyclic amines) is 1. The Morgan fingerprint density at radius 1 is 1.00 bits per heavy atom. The smallest absolute Gasteiger partial charge is 0.420 e. The minimum Gasteiger partial charge on any atom is -0.492 e. The molecule has 1 fully saturated rings. The van der Waals surface area contributed by atoms with Crippen LogP contribution in [0.4, 0.5) is 13.2 Å². The van der Waals surface area contributed by atoms with Gasteiger partial charge in [0.05, 0.1) is 0 Å². The van der Waals surface area contributed by atoms with Crippen LogP contribution in [0.1, 0.15) is 29.5 Å². The molecular weight excluding hydrogens is 449 g/mol. The third-order valence-corrected chi connectivity index (χ3v) is 5.70. The number of ether oxygens (including phenoxy) is 1. The van der Waals surface area contributed by atoms with Crippen LogP contribution in [0, 0.1) is 11.8 Å². The van der Waals surface area contributed by atoms with E-state index in [9.17, 15) is 13.2 Å². The predicted octanol–water partition coefficient (Wildman–Crippen LogP) is 6.30. The number of hydrogen-bond acceptors (Lipinski definition) is 3. The van der Waals surface area contributed by atoms with Crippen LogP contribution >= 0.6 is 11.6 Å². The third-order valence-electron chi connectivity index (χ3n) is 5.45. The highest BCUT2D eigenvalue weighted by Crippen LogP contribution is 2.44. The van der Waals surface area contributed by atoms with Crippen LogP contribution in [0.5, 0.6) is 5.75 Å². The van der Waals surface area contributed by atoms with E-state index in [1.54, 1.807) is 54.9 Å². The van der Waals surface area contributed by atoms with E-state index < -0.39 is 11.7 Å². The molecule has 0 atom stereocenters. The number of rotatable bonds is 5. The molecule has 1 aromatic heterocycles. The second-order valence-electron chi connectivity index (χ2n) is 7.75. The predicted molar refractivity (Wildman–Crippen MR) is 123 cm³/mol. The molecule has 0 saturated carbocycles. The summed E-state index contributed by atoms with van der Waals surface area (Å²) in [6.45, 7) is 2.68. The Morgan fingerprint density at radius 3 is 2.42 bits per heavy atom. The van der Waals surface area contributed by atoms with E-state index in [0.717, 1.165) is 25.9 Å². The summed E-state index contributed by atoms with van der Waals surface area (Å²) in [4.78, 5) is 6.20. The van der Waals surface area contributed by atoms with Crippen LogP contribution in [0.3, 0.4) is 0 Å². The molecule has 0 N–H and O–H groups in total. The normalized spacial score (nSPS) is 14.1. The van der Waals surface area contributed by atoms with Crippen LogP contribution in [-0.4, -0.2) is 36.1 Å². The second kappa shape index (κ2) is 10.3. The van der Waals surface area contributed by atoms with E-state index in [1.807, 2.05) is 0 Å². The molecule has 7 heteroatoms. The van der Waals surface area contributed by atoms with Crippen LogP contribution in [0.2, 0.25) is 5.02 Å². The summed E-state index contributed by atoms with van der Waals surface area (Å²) in [5.74, 6) is 5.61. The van der Waals surface area contributed by atoms with Gasteiger partial charge in [-0.05, 0) is 67.9 Å². The zero-order valence-corrected chi connectivity index (χ0v) is 18.6. The molecule has 33 heavy (non-hydrogen) atoms. The Balaban J connectivity index is 1.78. The first-order valence-electron chi connectivity index (χ1n) is 10.7. The number of alkyl halides is 3. The summed E-state index contributed by atoms with van der Waals surface area (Å²) >= 11 is 5.99. The minimum atomic E-state index is -4.63. The number of nitrogens with zero attached hydrogens (tertiary/aromatic N) is 2. The summed E-state index contributed by atoms with van der Waals surface area (Å²) in [5, 5.41) is 0.438. The number of pyridine rings is 1. The molecule has 0 unspecified atom stereocenters. The molecule has 170 valence electrons. The molecule has 1 aliphatic rings. The lowest BCUT2D eigenvalue weighted by molar-refractivity contribution is -0.138. The van der Waals surface area contributed by atoms with Gasteiger partial charge in [-0.2, -0.15) is 13.2 Å². The van der Waals surface area contributed by atoms with Crippen molar-refractivity contribution in [3.63, 3.8) is 0 Å². The summed E-state index contributed by atoms with van der Waals surface area (Å²) in [6.07, 6.45) is 0.761. The summed E-state index contributed by atoms with van der Waals surface area (Å²) in [7, 11) is 0. The third kappa shape index (κ3) is 5.87. The Kier molecular flexibility index (Phi) is 7.22. The van der Waals surface area contributed by atoms with E-state index in [2.05, 4.69) is 21.7 Å². The van der Waals surface area contributed by atoms with Gasteiger partial charge >= 0.3 is 6.18 Å². The lowest BCUT2D eigenvalue weighted by Crippen LogP contribution is -2.25. The first-order valence-corrected chi connectivity index (χ1v) is 11.1. The quantitative estimate of drug-likeness (QED) is 0.409. The van der Waals surface area contributed by atoms with Crippen molar-refractivity contribution in [1.82, 2.24) is 9.88 Å². The topological polar surface area (TPSA) is 25.4 Å². The molecule has 1 aliphatic heterocycles. The van der Waals surface area contributed by atoms with Gasteiger partial charge in [-0.15, -0.1) is 0 Å². The monoisotopic (exact) mass is 470 g/mol. The maximum atomic E-state index is 14.4. The first-order chi connectivity index (χ1) is 15.9. The molecule has 2 heterocycles. The van der Waals surface area contributed by atoms with Crippen molar-refractivity contribution >= 4 is 11.6 Å². The maximum absolute atomic E-state index is 14.4. The van der Waals surface area contributed by atoms with Crippen molar-refractivity contribution in [2.24, 2.45) is 0 Å².